The van der Waals surface area contributed by atoms with Gasteiger partial charge in [0.2, 0.25) is 0 Å². The predicted octanol–water partition coefficient (Wildman–Crippen LogP) is 2.29. The zero-order valence-electron chi connectivity index (χ0n) is 11.2. The lowest BCUT2D eigenvalue weighted by atomic mass is 10.1. The first-order chi connectivity index (χ1) is 9.72. The lowest BCUT2D eigenvalue weighted by Crippen LogP contribution is -2.33. The summed E-state index contributed by atoms with van der Waals surface area (Å²) in [6.45, 7) is 0.169. The summed E-state index contributed by atoms with van der Waals surface area (Å²) in [7, 11) is 1.49. The number of carbonyl (C=O) groups excluding carboxylic acids is 1. The average molecular weight is 291 g/mol. The van der Waals surface area contributed by atoms with E-state index in [0.29, 0.717) is 0 Å². The van der Waals surface area contributed by atoms with E-state index in [1.165, 1.54) is 18.4 Å². The molecule has 0 bridgehead atoms. The summed E-state index contributed by atoms with van der Waals surface area (Å²) in [5.41, 5.74) is 1.60. The van der Waals surface area contributed by atoms with Crippen LogP contribution in [0.5, 0.6) is 0 Å². The number of hydrogen-bond donors (Lipinski definition) is 2. The standard InChI is InChI=1S/C15H17NO3S/c1-19-14(11-5-3-2-4-6-11)15(18)16-9-13(17)12-7-8-20-10-12/h2-8,10,13-14,17H,9H2,1H3,(H,16,18). The first-order valence-corrected chi connectivity index (χ1v) is 7.22. The minimum atomic E-state index is -0.696. The fourth-order valence-corrected chi connectivity index (χ4v) is 2.60. The van der Waals surface area contributed by atoms with Crippen molar-refractivity contribution >= 4 is 17.2 Å². The number of methoxy groups -OCH3 is 1. The Kier molecular flexibility index (Phi) is 5.29. The summed E-state index contributed by atoms with van der Waals surface area (Å²) >= 11 is 1.51. The lowest BCUT2D eigenvalue weighted by molar-refractivity contribution is -0.131. The maximum atomic E-state index is 12.1. The second-order valence-electron chi connectivity index (χ2n) is 4.34. The molecule has 0 aliphatic heterocycles. The van der Waals surface area contributed by atoms with Gasteiger partial charge in [0.1, 0.15) is 0 Å². The number of rotatable bonds is 6. The van der Waals surface area contributed by atoms with Gasteiger partial charge in [-0.25, -0.2) is 0 Å². The molecule has 0 saturated heterocycles. The van der Waals surface area contributed by atoms with Crippen molar-refractivity contribution in [2.45, 2.75) is 12.2 Å². The summed E-state index contributed by atoms with van der Waals surface area (Å²) < 4.78 is 5.23. The zero-order valence-corrected chi connectivity index (χ0v) is 12.0. The highest BCUT2D eigenvalue weighted by atomic mass is 32.1. The first-order valence-electron chi connectivity index (χ1n) is 6.28. The van der Waals surface area contributed by atoms with Gasteiger partial charge < -0.3 is 15.2 Å². The normalized spacial score (nSPS) is 13.7. The van der Waals surface area contributed by atoms with Gasteiger partial charge in [-0.3, -0.25) is 4.79 Å². The lowest BCUT2D eigenvalue weighted by Gasteiger charge is -2.17. The Morgan fingerprint density at radius 2 is 2.05 bits per heavy atom. The minimum absolute atomic E-state index is 0.169. The van der Waals surface area contributed by atoms with Gasteiger partial charge in [0.05, 0.1) is 6.10 Å². The molecule has 20 heavy (non-hydrogen) atoms. The van der Waals surface area contributed by atoms with Crippen LogP contribution in [0.25, 0.3) is 0 Å². The number of aliphatic hydroxyl groups is 1. The highest BCUT2D eigenvalue weighted by molar-refractivity contribution is 7.07. The van der Waals surface area contributed by atoms with E-state index in [-0.39, 0.29) is 12.5 Å². The molecule has 106 valence electrons. The van der Waals surface area contributed by atoms with Crippen LogP contribution in [0, 0.1) is 0 Å². The van der Waals surface area contributed by atoms with Gasteiger partial charge in [-0.05, 0) is 28.0 Å². The molecule has 1 amide bonds. The van der Waals surface area contributed by atoms with Crippen LogP contribution in [0.4, 0.5) is 0 Å². The largest absolute Gasteiger partial charge is 0.387 e. The van der Waals surface area contributed by atoms with Crippen LogP contribution in [0.3, 0.4) is 0 Å². The van der Waals surface area contributed by atoms with Crippen molar-refractivity contribution in [3.05, 3.63) is 58.3 Å². The molecule has 0 aliphatic rings. The van der Waals surface area contributed by atoms with Gasteiger partial charge in [0.25, 0.3) is 5.91 Å². The maximum absolute atomic E-state index is 12.1. The molecule has 1 aromatic heterocycles. The van der Waals surface area contributed by atoms with Crippen LogP contribution in [0.1, 0.15) is 23.3 Å². The Bertz CT molecular complexity index is 527. The molecular formula is C15H17NO3S. The zero-order chi connectivity index (χ0) is 14.4. The molecule has 4 nitrogen and oxygen atoms in total. The smallest absolute Gasteiger partial charge is 0.253 e. The molecule has 0 saturated carbocycles. The van der Waals surface area contributed by atoms with Crippen molar-refractivity contribution in [1.29, 1.82) is 0 Å². The number of hydrogen-bond acceptors (Lipinski definition) is 4. The number of benzene rings is 1. The van der Waals surface area contributed by atoms with Gasteiger partial charge in [-0.1, -0.05) is 30.3 Å². The van der Waals surface area contributed by atoms with Crippen molar-refractivity contribution in [2.24, 2.45) is 0 Å². The molecule has 0 radical (unpaired) electrons. The summed E-state index contributed by atoms with van der Waals surface area (Å²) in [5.74, 6) is -0.257. The highest BCUT2D eigenvalue weighted by Gasteiger charge is 2.20. The molecule has 5 heteroatoms. The average Bonchev–Trinajstić information content (AvgIpc) is 3.01. The summed E-state index contributed by atoms with van der Waals surface area (Å²) in [6, 6.07) is 11.1. The Balaban J connectivity index is 1.93. The van der Waals surface area contributed by atoms with Crippen LogP contribution in [0.2, 0.25) is 0 Å². The van der Waals surface area contributed by atoms with Crippen LogP contribution in [-0.4, -0.2) is 24.7 Å². The SMILES string of the molecule is COC(C(=O)NCC(O)c1ccsc1)c1ccccc1. The Labute approximate surface area is 122 Å². The van der Waals surface area contributed by atoms with Crippen molar-refractivity contribution < 1.29 is 14.6 Å². The fourth-order valence-electron chi connectivity index (χ4n) is 1.89. The predicted molar refractivity (Wildman–Crippen MR) is 78.5 cm³/mol. The molecule has 0 fully saturated rings. The van der Waals surface area contributed by atoms with E-state index < -0.39 is 12.2 Å². The maximum Gasteiger partial charge on any atom is 0.253 e. The van der Waals surface area contributed by atoms with E-state index >= 15 is 0 Å². The van der Waals surface area contributed by atoms with E-state index in [0.717, 1.165) is 11.1 Å². The molecule has 1 aromatic carbocycles. The number of nitrogens with one attached hydrogen (secondary N) is 1. The Morgan fingerprint density at radius 3 is 2.65 bits per heavy atom. The van der Waals surface area contributed by atoms with Crippen molar-refractivity contribution in [1.82, 2.24) is 5.32 Å². The third-order valence-corrected chi connectivity index (χ3v) is 3.68. The van der Waals surface area contributed by atoms with Gasteiger partial charge in [0, 0.05) is 13.7 Å². The van der Waals surface area contributed by atoms with Crippen LogP contribution < -0.4 is 5.32 Å². The molecule has 2 rings (SSSR count). The van der Waals surface area contributed by atoms with Crippen LogP contribution in [-0.2, 0) is 9.53 Å². The van der Waals surface area contributed by atoms with Gasteiger partial charge in [0.15, 0.2) is 6.10 Å². The van der Waals surface area contributed by atoms with Gasteiger partial charge >= 0.3 is 0 Å². The number of carbonyl (C=O) groups is 1. The molecule has 2 atom stereocenters. The summed E-state index contributed by atoms with van der Waals surface area (Å²) in [6.07, 6.45) is -1.36. The molecule has 1 heterocycles. The molecule has 2 aromatic rings. The number of thiophene rings is 1. The van der Waals surface area contributed by atoms with E-state index in [4.69, 9.17) is 4.74 Å². The number of ether oxygens (including phenoxy) is 1. The Hall–Kier alpha value is -1.69. The van der Waals surface area contributed by atoms with Crippen molar-refractivity contribution in [2.75, 3.05) is 13.7 Å². The molecular weight excluding hydrogens is 274 g/mol. The number of aliphatic hydroxyl groups excluding tert-OH is 1. The summed E-state index contributed by atoms with van der Waals surface area (Å²) in [5, 5.41) is 16.4. The fraction of sp³-hybridized carbons (Fsp3) is 0.267. The van der Waals surface area contributed by atoms with Crippen molar-refractivity contribution in [3.8, 4) is 0 Å². The monoisotopic (exact) mass is 291 g/mol. The van der Waals surface area contributed by atoms with Crippen LogP contribution >= 0.6 is 11.3 Å². The van der Waals surface area contributed by atoms with Gasteiger partial charge in [-0.15, -0.1) is 0 Å². The highest BCUT2D eigenvalue weighted by Crippen LogP contribution is 2.18. The molecule has 0 spiro atoms. The third kappa shape index (κ3) is 3.66. The van der Waals surface area contributed by atoms with Crippen LogP contribution in [0.15, 0.2) is 47.2 Å². The second kappa shape index (κ2) is 7.19. The van der Waals surface area contributed by atoms with E-state index in [2.05, 4.69) is 5.32 Å². The third-order valence-electron chi connectivity index (χ3n) is 2.97. The van der Waals surface area contributed by atoms with Crippen molar-refractivity contribution in [3.63, 3.8) is 0 Å². The molecule has 2 unspecified atom stereocenters. The minimum Gasteiger partial charge on any atom is -0.387 e. The van der Waals surface area contributed by atoms with E-state index in [1.54, 1.807) is 0 Å². The van der Waals surface area contributed by atoms with E-state index in [9.17, 15) is 9.90 Å². The summed E-state index contributed by atoms with van der Waals surface area (Å²) in [4.78, 5) is 12.1. The Morgan fingerprint density at radius 1 is 1.30 bits per heavy atom. The number of amides is 1. The van der Waals surface area contributed by atoms with E-state index in [1.807, 2.05) is 47.2 Å². The molecule has 2 N–H and O–H groups in total. The second-order valence-corrected chi connectivity index (χ2v) is 5.12. The quantitative estimate of drug-likeness (QED) is 0.858. The first kappa shape index (κ1) is 14.7. The topological polar surface area (TPSA) is 58.6 Å². The molecule has 0 aliphatic carbocycles. The van der Waals surface area contributed by atoms with Gasteiger partial charge in [-0.2, -0.15) is 11.3 Å².